The lowest BCUT2D eigenvalue weighted by atomic mass is 10.1. The van der Waals surface area contributed by atoms with Gasteiger partial charge >= 0.3 is 11.6 Å². The van der Waals surface area contributed by atoms with Gasteiger partial charge in [-0.05, 0) is 45.4 Å². The molecule has 0 saturated carbocycles. The lowest BCUT2D eigenvalue weighted by molar-refractivity contribution is -0.150. The molecular weight excluding hydrogens is 272 g/mol. The Labute approximate surface area is 122 Å². The number of hydrogen-bond donors (Lipinski definition) is 0. The van der Waals surface area contributed by atoms with Gasteiger partial charge in [0.15, 0.2) is 6.10 Å². The molecule has 112 valence electrons. The molecule has 0 aliphatic rings. The summed E-state index contributed by atoms with van der Waals surface area (Å²) in [7, 11) is 0. The molecule has 0 fully saturated rings. The van der Waals surface area contributed by atoms with Gasteiger partial charge in [-0.25, -0.2) is 9.59 Å². The van der Waals surface area contributed by atoms with Crippen LogP contribution < -0.4 is 10.4 Å². The van der Waals surface area contributed by atoms with E-state index in [4.69, 9.17) is 13.9 Å². The van der Waals surface area contributed by atoms with Crippen molar-refractivity contribution in [2.45, 2.75) is 33.8 Å². The van der Waals surface area contributed by atoms with Crippen molar-refractivity contribution in [2.24, 2.45) is 0 Å². The van der Waals surface area contributed by atoms with Crippen molar-refractivity contribution in [3.63, 3.8) is 0 Å². The van der Waals surface area contributed by atoms with E-state index in [9.17, 15) is 9.59 Å². The van der Waals surface area contributed by atoms with E-state index in [1.165, 1.54) is 0 Å². The molecule has 0 amide bonds. The third-order valence-electron chi connectivity index (χ3n) is 3.36. The molecule has 0 bridgehead atoms. The van der Waals surface area contributed by atoms with Gasteiger partial charge in [-0.1, -0.05) is 0 Å². The van der Waals surface area contributed by atoms with Crippen LogP contribution in [0.4, 0.5) is 0 Å². The summed E-state index contributed by atoms with van der Waals surface area (Å²) in [5.41, 5.74) is 1.55. The summed E-state index contributed by atoms with van der Waals surface area (Å²) in [4.78, 5) is 23.2. The van der Waals surface area contributed by atoms with Crippen molar-refractivity contribution < 1.29 is 18.7 Å². The van der Waals surface area contributed by atoms with Crippen LogP contribution in [0.2, 0.25) is 0 Å². The zero-order valence-corrected chi connectivity index (χ0v) is 12.6. The molecule has 5 nitrogen and oxygen atoms in total. The maximum absolute atomic E-state index is 11.7. The molecule has 0 N–H and O–H groups in total. The largest absolute Gasteiger partial charge is 0.479 e. The molecule has 0 aliphatic carbocycles. The summed E-state index contributed by atoms with van der Waals surface area (Å²) in [5.74, 6) is 0.0218. The van der Waals surface area contributed by atoms with E-state index in [1.54, 1.807) is 32.9 Å². The normalized spacial score (nSPS) is 12.2. The number of carbonyl (C=O) groups excluding carboxylic acids is 1. The Morgan fingerprint density at radius 3 is 2.67 bits per heavy atom. The van der Waals surface area contributed by atoms with E-state index in [0.717, 1.165) is 10.9 Å². The number of ether oxygens (including phenoxy) is 2. The zero-order chi connectivity index (χ0) is 15.6. The van der Waals surface area contributed by atoms with E-state index in [2.05, 4.69) is 0 Å². The molecule has 1 atom stereocenters. The molecule has 1 heterocycles. The quantitative estimate of drug-likeness (QED) is 0.640. The van der Waals surface area contributed by atoms with Crippen molar-refractivity contribution in [1.82, 2.24) is 0 Å². The second kappa shape index (κ2) is 5.99. The van der Waals surface area contributed by atoms with Crippen LogP contribution in [0, 0.1) is 13.8 Å². The van der Waals surface area contributed by atoms with Gasteiger partial charge in [0.05, 0.1) is 6.61 Å². The molecule has 1 aromatic heterocycles. The maximum atomic E-state index is 11.7. The highest BCUT2D eigenvalue weighted by Crippen LogP contribution is 2.24. The van der Waals surface area contributed by atoms with Gasteiger partial charge in [0, 0.05) is 17.0 Å². The topological polar surface area (TPSA) is 65.7 Å². The molecule has 5 heteroatoms. The summed E-state index contributed by atoms with van der Waals surface area (Å²) in [6.07, 6.45) is -0.722. The second-order valence-corrected chi connectivity index (χ2v) is 4.81. The van der Waals surface area contributed by atoms with Crippen LogP contribution in [0.15, 0.2) is 27.4 Å². The number of fused-ring (bicyclic) bond motifs is 1. The van der Waals surface area contributed by atoms with E-state index in [-0.39, 0.29) is 5.63 Å². The first-order valence-electron chi connectivity index (χ1n) is 6.81. The second-order valence-electron chi connectivity index (χ2n) is 4.81. The summed E-state index contributed by atoms with van der Waals surface area (Å²) in [5, 5.41) is 0.850. The van der Waals surface area contributed by atoms with Crippen LogP contribution in [-0.2, 0) is 9.53 Å². The van der Waals surface area contributed by atoms with Crippen molar-refractivity contribution in [3.8, 4) is 5.75 Å². The molecule has 2 rings (SSSR count). The fourth-order valence-electron chi connectivity index (χ4n) is 2.01. The number of rotatable bonds is 4. The van der Waals surface area contributed by atoms with Crippen LogP contribution in [0.5, 0.6) is 5.75 Å². The van der Waals surface area contributed by atoms with Gasteiger partial charge in [-0.15, -0.1) is 0 Å². The molecule has 0 radical (unpaired) electrons. The summed E-state index contributed by atoms with van der Waals surface area (Å²) in [6.45, 7) is 7.25. The predicted octanol–water partition coefficient (Wildman–Crippen LogP) is 2.74. The molecule has 0 saturated heterocycles. The smallest absolute Gasteiger partial charge is 0.347 e. The minimum atomic E-state index is -0.722. The lowest BCUT2D eigenvalue weighted by Crippen LogP contribution is -2.26. The first-order valence-corrected chi connectivity index (χ1v) is 6.81. The number of hydrogen-bond acceptors (Lipinski definition) is 5. The Kier molecular flexibility index (Phi) is 4.31. The standard InChI is InChI=1S/C16H18O5/c1-5-19-16(18)11(4)20-12-6-7-13-9(2)10(3)15(17)21-14(13)8-12/h6-8,11H,5H2,1-4H3/t11-/m0/s1. The molecule has 0 unspecified atom stereocenters. The fourth-order valence-corrected chi connectivity index (χ4v) is 2.01. The van der Waals surface area contributed by atoms with E-state index < -0.39 is 12.1 Å². The number of benzene rings is 1. The van der Waals surface area contributed by atoms with Crippen molar-refractivity contribution in [3.05, 3.63) is 39.7 Å². The monoisotopic (exact) mass is 290 g/mol. The van der Waals surface area contributed by atoms with Gasteiger partial charge in [0.25, 0.3) is 0 Å². The third-order valence-corrected chi connectivity index (χ3v) is 3.36. The zero-order valence-electron chi connectivity index (χ0n) is 12.6. The van der Waals surface area contributed by atoms with Gasteiger partial charge in [0.1, 0.15) is 11.3 Å². The van der Waals surface area contributed by atoms with Gasteiger partial charge < -0.3 is 13.9 Å². The van der Waals surface area contributed by atoms with Crippen molar-refractivity contribution >= 4 is 16.9 Å². The summed E-state index contributed by atoms with van der Waals surface area (Å²) < 4.78 is 15.6. The highest BCUT2D eigenvalue weighted by Gasteiger charge is 2.16. The first kappa shape index (κ1) is 15.1. The molecule has 0 aliphatic heterocycles. The summed E-state index contributed by atoms with van der Waals surface area (Å²) >= 11 is 0. The molecular formula is C16H18O5. The van der Waals surface area contributed by atoms with Gasteiger partial charge in [-0.3, -0.25) is 0 Å². The highest BCUT2D eigenvalue weighted by molar-refractivity contribution is 5.82. The average Bonchev–Trinajstić information content (AvgIpc) is 2.45. The fraction of sp³-hybridized carbons (Fsp3) is 0.375. The maximum Gasteiger partial charge on any atom is 0.347 e. The van der Waals surface area contributed by atoms with Crippen molar-refractivity contribution in [2.75, 3.05) is 6.61 Å². The van der Waals surface area contributed by atoms with Crippen LogP contribution in [0.3, 0.4) is 0 Å². The lowest BCUT2D eigenvalue weighted by Gasteiger charge is -2.14. The third kappa shape index (κ3) is 3.07. The predicted molar refractivity (Wildman–Crippen MR) is 78.7 cm³/mol. The Balaban J connectivity index is 2.33. The summed E-state index contributed by atoms with van der Waals surface area (Å²) in [6, 6.07) is 5.16. The number of aryl methyl sites for hydroxylation is 1. The Morgan fingerprint density at radius 2 is 2.00 bits per heavy atom. The van der Waals surface area contributed by atoms with Crippen LogP contribution in [-0.4, -0.2) is 18.7 Å². The van der Waals surface area contributed by atoms with Gasteiger partial charge in [0.2, 0.25) is 0 Å². The Hall–Kier alpha value is -2.30. The number of carbonyl (C=O) groups is 1. The van der Waals surface area contributed by atoms with E-state index in [0.29, 0.717) is 23.5 Å². The minimum Gasteiger partial charge on any atom is -0.479 e. The Bertz CT molecular complexity index is 729. The average molecular weight is 290 g/mol. The molecule has 0 spiro atoms. The molecule has 21 heavy (non-hydrogen) atoms. The Morgan fingerprint density at radius 1 is 1.29 bits per heavy atom. The van der Waals surface area contributed by atoms with Crippen LogP contribution in [0.1, 0.15) is 25.0 Å². The SMILES string of the molecule is CCOC(=O)[C@H](C)Oc1ccc2c(C)c(C)c(=O)oc2c1. The van der Waals surface area contributed by atoms with Crippen LogP contribution in [0.25, 0.3) is 11.0 Å². The highest BCUT2D eigenvalue weighted by atomic mass is 16.6. The van der Waals surface area contributed by atoms with Crippen molar-refractivity contribution in [1.29, 1.82) is 0 Å². The number of esters is 1. The molecule has 1 aromatic carbocycles. The first-order chi connectivity index (χ1) is 9.93. The minimum absolute atomic E-state index is 0.303. The van der Waals surface area contributed by atoms with E-state index in [1.807, 2.05) is 13.0 Å². The van der Waals surface area contributed by atoms with Gasteiger partial charge in [-0.2, -0.15) is 0 Å². The van der Waals surface area contributed by atoms with Crippen LogP contribution >= 0.6 is 0 Å². The molecule has 2 aromatic rings. The van der Waals surface area contributed by atoms with E-state index >= 15 is 0 Å².